The fourth-order valence-corrected chi connectivity index (χ4v) is 1.90. The monoisotopic (exact) mass is 202 g/mol. The van der Waals surface area contributed by atoms with Gasteiger partial charge in [-0.2, -0.15) is 5.26 Å². The predicted octanol–water partition coefficient (Wildman–Crippen LogP) is 0.764. The Balaban J connectivity index is 2.62. The van der Waals surface area contributed by atoms with Gasteiger partial charge in [0.1, 0.15) is 0 Å². The lowest BCUT2D eigenvalue weighted by Crippen LogP contribution is -2.38. The number of aliphatic hydroxyl groups is 1. The van der Waals surface area contributed by atoms with Crippen LogP contribution >= 0.6 is 0 Å². The second-order valence-electron chi connectivity index (χ2n) is 3.58. The molecule has 15 heavy (non-hydrogen) atoms. The van der Waals surface area contributed by atoms with Gasteiger partial charge in [0.05, 0.1) is 18.2 Å². The number of nitriles is 1. The highest BCUT2D eigenvalue weighted by molar-refractivity contribution is 6.06. The van der Waals surface area contributed by atoms with E-state index in [2.05, 4.69) is 0 Å². The van der Waals surface area contributed by atoms with Crippen LogP contribution in [-0.2, 0) is 10.4 Å². The molecule has 1 heterocycles. The Kier molecular flexibility index (Phi) is 1.98. The van der Waals surface area contributed by atoms with E-state index in [9.17, 15) is 9.90 Å². The number of fused-ring (bicyclic) bond motifs is 1. The highest BCUT2D eigenvalue weighted by Crippen LogP contribution is 2.40. The van der Waals surface area contributed by atoms with E-state index in [0.717, 1.165) is 0 Å². The number of hydrogen-bond donors (Lipinski definition) is 1. The summed E-state index contributed by atoms with van der Waals surface area (Å²) in [5.74, 6) is -0.440. The fourth-order valence-electron chi connectivity index (χ4n) is 1.90. The summed E-state index contributed by atoms with van der Waals surface area (Å²) in [5, 5.41) is 18.8. The Hall–Kier alpha value is -1.86. The summed E-state index contributed by atoms with van der Waals surface area (Å²) in [7, 11) is 1.59. The van der Waals surface area contributed by atoms with E-state index >= 15 is 0 Å². The predicted molar refractivity (Wildman–Crippen MR) is 54.0 cm³/mol. The minimum Gasteiger partial charge on any atom is -0.374 e. The molecule has 0 radical (unpaired) electrons. The van der Waals surface area contributed by atoms with Gasteiger partial charge < -0.3 is 10.0 Å². The molecular weight excluding hydrogens is 192 g/mol. The first-order valence-corrected chi connectivity index (χ1v) is 4.58. The molecule has 0 aromatic heterocycles. The number of rotatable bonds is 1. The number of anilines is 1. The van der Waals surface area contributed by atoms with Crippen LogP contribution in [0.15, 0.2) is 24.3 Å². The van der Waals surface area contributed by atoms with Gasteiger partial charge in [0, 0.05) is 12.6 Å². The summed E-state index contributed by atoms with van der Waals surface area (Å²) in [6.07, 6.45) is -0.215. The van der Waals surface area contributed by atoms with Crippen molar-refractivity contribution in [3.05, 3.63) is 29.8 Å². The van der Waals surface area contributed by atoms with Crippen LogP contribution in [0, 0.1) is 11.3 Å². The van der Waals surface area contributed by atoms with Gasteiger partial charge in [0.15, 0.2) is 5.60 Å². The zero-order chi connectivity index (χ0) is 11.1. The van der Waals surface area contributed by atoms with Crippen molar-refractivity contribution in [3.8, 4) is 6.07 Å². The minimum absolute atomic E-state index is 0.215. The molecule has 0 bridgehead atoms. The maximum atomic E-state index is 11.8. The molecule has 1 aromatic carbocycles. The Bertz CT molecular complexity index is 464. The van der Waals surface area contributed by atoms with E-state index in [4.69, 9.17) is 5.26 Å². The van der Waals surface area contributed by atoms with E-state index in [1.54, 1.807) is 31.3 Å². The van der Waals surface area contributed by atoms with Crippen LogP contribution in [-0.4, -0.2) is 18.1 Å². The lowest BCUT2D eigenvalue weighted by Gasteiger charge is -2.17. The van der Waals surface area contributed by atoms with Gasteiger partial charge in [0.25, 0.3) is 5.91 Å². The second kappa shape index (κ2) is 3.07. The lowest BCUT2D eigenvalue weighted by molar-refractivity contribution is -0.135. The molecule has 1 atom stereocenters. The number of para-hydroxylation sites is 1. The first-order valence-electron chi connectivity index (χ1n) is 4.58. The van der Waals surface area contributed by atoms with E-state index < -0.39 is 11.5 Å². The Morgan fingerprint density at radius 3 is 2.87 bits per heavy atom. The van der Waals surface area contributed by atoms with Crippen molar-refractivity contribution in [2.24, 2.45) is 0 Å². The van der Waals surface area contributed by atoms with Crippen LogP contribution < -0.4 is 4.90 Å². The van der Waals surface area contributed by atoms with Crippen molar-refractivity contribution in [1.29, 1.82) is 5.26 Å². The SMILES string of the molecule is CN1C(=O)[C@](O)(CC#N)c2ccccc21. The maximum Gasteiger partial charge on any atom is 0.264 e. The molecule has 0 saturated heterocycles. The molecule has 1 aliphatic heterocycles. The third-order valence-electron chi connectivity index (χ3n) is 2.70. The van der Waals surface area contributed by atoms with E-state index in [1.807, 2.05) is 6.07 Å². The number of carbonyl (C=O) groups is 1. The van der Waals surface area contributed by atoms with Crippen LogP contribution in [0.5, 0.6) is 0 Å². The summed E-state index contributed by atoms with van der Waals surface area (Å²) < 4.78 is 0. The first kappa shape index (κ1) is 9.69. The summed E-state index contributed by atoms with van der Waals surface area (Å²) >= 11 is 0. The first-order chi connectivity index (χ1) is 7.11. The Morgan fingerprint density at radius 2 is 2.20 bits per heavy atom. The summed E-state index contributed by atoms with van der Waals surface area (Å²) in [4.78, 5) is 13.2. The highest BCUT2D eigenvalue weighted by Gasteiger charge is 2.48. The van der Waals surface area contributed by atoms with Crippen LogP contribution in [0.25, 0.3) is 0 Å². The molecule has 76 valence electrons. The zero-order valence-electron chi connectivity index (χ0n) is 8.27. The summed E-state index contributed by atoms with van der Waals surface area (Å²) in [6.45, 7) is 0. The third kappa shape index (κ3) is 1.14. The van der Waals surface area contributed by atoms with Crippen LogP contribution in [0.2, 0.25) is 0 Å². The van der Waals surface area contributed by atoms with Crippen LogP contribution in [0.4, 0.5) is 5.69 Å². The van der Waals surface area contributed by atoms with Crippen LogP contribution in [0.1, 0.15) is 12.0 Å². The van der Waals surface area contributed by atoms with Gasteiger partial charge in [-0.1, -0.05) is 18.2 Å². The third-order valence-corrected chi connectivity index (χ3v) is 2.70. The molecule has 0 saturated carbocycles. The molecule has 0 fully saturated rings. The van der Waals surface area contributed by atoms with Crippen molar-refractivity contribution < 1.29 is 9.90 Å². The molecule has 1 aromatic rings. The molecule has 0 spiro atoms. The van der Waals surface area contributed by atoms with Crippen LogP contribution in [0.3, 0.4) is 0 Å². The van der Waals surface area contributed by atoms with Crippen molar-refractivity contribution >= 4 is 11.6 Å². The quantitative estimate of drug-likeness (QED) is 0.731. The number of amides is 1. The molecule has 1 aliphatic rings. The molecule has 4 nitrogen and oxygen atoms in total. The Labute approximate surface area is 87.4 Å². The fraction of sp³-hybridized carbons (Fsp3) is 0.273. The van der Waals surface area contributed by atoms with Gasteiger partial charge in [0.2, 0.25) is 0 Å². The number of carbonyl (C=O) groups excluding carboxylic acids is 1. The largest absolute Gasteiger partial charge is 0.374 e. The van der Waals surface area contributed by atoms with Gasteiger partial charge in [-0.15, -0.1) is 0 Å². The molecule has 0 aliphatic carbocycles. The molecule has 1 amide bonds. The minimum atomic E-state index is -1.67. The van der Waals surface area contributed by atoms with Crippen molar-refractivity contribution in [2.45, 2.75) is 12.0 Å². The maximum absolute atomic E-state index is 11.8. The number of benzene rings is 1. The van der Waals surface area contributed by atoms with Gasteiger partial charge in [-0.05, 0) is 6.07 Å². The lowest BCUT2D eigenvalue weighted by atomic mass is 9.93. The average molecular weight is 202 g/mol. The standard InChI is InChI=1S/C11H10N2O2/c1-13-9-5-3-2-4-8(9)11(15,6-7-12)10(13)14/h2-5,15H,6H2,1H3/t11-/m0/s1. The topological polar surface area (TPSA) is 64.3 Å². The van der Waals surface area contributed by atoms with Gasteiger partial charge in [-0.25, -0.2) is 0 Å². The van der Waals surface area contributed by atoms with E-state index in [0.29, 0.717) is 11.3 Å². The van der Waals surface area contributed by atoms with Gasteiger partial charge in [-0.3, -0.25) is 4.79 Å². The number of nitrogens with zero attached hydrogens (tertiary/aromatic N) is 2. The summed E-state index contributed by atoms with van der Waals surface area (Å²) in [6, 6.07) is 8.81. The zero-order valence-corrected chi connectivity index (χ0v) is 8.27. The second-order valence-corrected chi connectivity index (χ2v) is 3.58. The van der Waals surface area contributed by atoms with Gasteiger partial charge >= 0.3 is 0 Å². The summed E-state index contributed by atoms with van der Waals surface area (Å²) in [5.41, 5.74) is -0.487. The number of likely N-dealkylation sites (N-methyl/N-ethyl adjacent to an activating group) is 1. The smallest absolute Gasteiger partial charge is 0.264 e. The molecular formula is C11H10N2O2. The van der Waals surface area contributed by atoms with Crippen molar-refractivity contribution in [3.63, 3.8) is 0 Å². The average Bonchev–Trinajstić information content (AvgIpc) is 2.43. The molecule has 0 unspecified atom stereocenters. The normalized spacial score (nSPS) is 23.8. The van der Waals surface area contributed by atoms with Crippen molar-refractivity contribution in [2.75, 3.05) is 11.9 Å². The van der Waals surface area contributed by atoms with E-state index in [-0.39, 0.29) is 6.42 Å². The highest BCUT2D eigenvalue weighted by atomic mass is 16.3. The Morgan fingerprint density at radius 1 is 1.53 bits per heavy atom. The van der Waals surface area contributed by atoms with Crippen molar-refractivity contribution in [1.82, 2.24) is 0 Å². The van der Waals surface area contributed by atoms with E-state index in [1.165, 1.54) is 4.90 Å². The number of hydrogen-bond acceptors (Lipinski definition) is 3. The molecule has 2 rings (SSSR count). The molecule has 4 heteroatoms. The molecule has 1 N–H and O–H groups in total.